The maximum Gasteiger partial charge on any atom is 0.434 e. The molecule has 4 heterocycles. The van der Waals surface area contributed by atoms with Gasteiger partial charge in [-0.1, -0.05) is 140 Å². The molecule has 11 aromatic rings. The molecular weight excluding hydrogens is 721 g/mol. The van der Waals surface area contributed by atoms with Crippen molar-refractivity contribution in [1.82, 2.24) is 4.57 Å². The fourth-order valence-corrected chi connectivity index (χ4v) is 9.65. The van der Waals surface area contributed by atoms with E-state index in [4.69, 9.17) is 13.8 Å². The van der Waals surface area contributed by atoms with E-state index in [0.29, 0.717) is 0 Å². The molecule has 0 N–H and O–H groups in total. The molecule has 0 spiro atoms. The standard InChI is InChI=1S/C54H32BNO3/c1-2-16-38(43-21-12-22-44-41-19-5-9-25-49(41)58-54(43)44)37(15-1)35-30-45-42-20-6-10-26-50(42)59-55-46-28-27-34(31-51(46)57-52(32-35)53(45)55)33-13-11-14-36(29-33)56-47-23-7-3-17-39(47)40-18-4-8-24-48(40)56/h1-32H. The zero-order valence-corrected chi connectivity index (χ0v) is 31.7. The van der Waals surface area contributed by atoms with E-state index in [1.54, 1.807) is 0 Å². The van der Waals surface area contributed by atoms with Crippen LogP contribution in [-0.2, 0) is 0 Å². The topological polar surface area (TPSA) is 36.5 Å². The second-order valence-electron chi connectivity index (χ2n) is 15.5. The maximum absolute atomic E-state index is 7.03. The molecule has 0 radical (unpaired) electrons. The van der Waals surface area contributed by atoms with Crippen molar-refractivity contribution in [2.24, 2.45) is 0 Å². The number of rotatable bonds is 4. The first-order chi connectivity index (χ1) is 29.2. The quantitative estimate of drug-likeness (QED) is 0.168. The largest absolute Gasteiger partial charge is 0.551 e. The van der Waals surface area contributed by atoms with Crippen molar-refractivity contribution in [3.05, 3.63) is 194 Å². The predicted molar refractivity (Wildman–Crippen MR) is 242 cm³/mol. The highest BCUT2D eigenvalue weighted by Gasteiger charge is 2.41. The number of fused-ring (bicyclic) bond motifs is 10. The van der Waals surface area contributed by atoms with Gasteiger partial charge in [-0.05, 0) is 88.0 Å². The summed E-state index contributed by atoms with van der Waals surface area (Å²) < 4.78 is 22.8. The van der Waals surface area contributed by atoms with Crippen LogP contribution in [0.3, 0.4) is 0 Å². The fraction of sp³-hybridized carbons (Fsp3) is 0. The van der Waals surface area contributed by atoms with E-state index in [0.717, 1.165) is 100 Å². The molecular formula is C54H32BNO3. The van der Waals surface area contributed by atoms with Crippen LogP contribution >= 0.6 is 0 Å². The van der Waals surface area contributed by atoms with Gasteiger partial charge in [0.15, 0.2) is 0 Å². The summed E-state index contributed by atoms with van der Waals surface area (Å²) >= 11 is 0. The summed E-state index contributed by atoms with van der Waals surface area (Å²) in [4.78, 5) is 0. The van der Waals surface area contributed by atoms with Gasteiger partial charge in [0.05, 0.1) is 11.0 Å². The van der Waals surface area contributed by atoms with E-state index in [-0.39, 0.29) is 6.92 Å². The SMILES string of the molecule is c1cc(-c2ccc3c(c2)Oc2cc(-c4ccccc4-c4cccc5c4oc4ccccc45)cc4c2B3Oc2ccccc2-4)cc(-n2c3ccccc3c3ccccc32)c1. The van der Waals surface area contributed by atoms with Crippen molar-refractivity contribution in [2.75, 3.05) is 0 Å². The summed E-state index contributed by atoms with van der Waals surface area (Å²) in [5.41, 5.74) is 16.0. The summed E-state index contributed by atoms with van der Waals surface area (Å²) in [6.07, 6.45) is 0. The highest BCUT2D eigenvalue weighted by Crippen LogP contribution is 2.45. The maximum atomic E-state index is 7.03. The summed E-state index contributed by atoms with van der Waals surface area (Å²) in [6, 6.07) is 68.8. The van der Waals surface area contributed by atoms with Gasteiger partial charge in [0, 0.05) is 49.3 Å². The highest BCUT2D eigenvalue weighted by atomic mass is 16.5. The summed E-state index contributed by atoms with van der Waals surface area (Å²) in [5.74, 6) is 2.46. The van der Waals surface area contributed by atoms with Crippen LogP contribution in [0.15, 0.2) is 199 Å². The van der Waals surface area contributed by atoms with E-state index in [2.05, 4.69) is 180 Å². The molecule has 0 saturated heterocycles. The zero-order valence-electron chi connectivity index (χ0n) is 31.7. The normalized spacial score (nSPS) is 12.6. The minimum absolute atomic E-state index is 0.315. The fourth-order valence-electron chi connectivity index (χ4n) is 9.65. The molecule has 0 fully saturated rings. The minimum atomic E-state index is -0.315. The zero-order chi connectivity index (χ0) is 38.6. The first-order valence-electron chi connectivity index (χ1n) is 20.1. The molecule has 0 bridgehead atoms. The molecule has 0 aliphatic carbocycles. The lowest BCUT2D eigenvalue weighted by molar-refractivity contribution is 0.480. The van der Waals surface area contributed by atoms with E-state index >= 15 is 0 Å². The number of aromatic nitrogens is 1. The number of benzene rings is 9. The second-order valence-corrected chi connectivity index (χ2v) is 15.5. The molecule has 9 aromatic carbocycles. The van der Waals surface area contributed by atoms with E-state index in [1.807, 2.05) is 18.2 Å². The molecule has 2 aromatic heterocycles. The lowest BCUT2D eigenvalue weighted by atomic mass is 9.50. The number of ether oxygens (including phenoxy) is 1. The Morgan fingerprint density at radius 3 is 1.88 bits per heavy atom. The molecule has 59 heavy (non-hydrogen) atoms. The van der Waals surface area contributed by atoms with Crippen LogP contribution in [-0.4, -0.2) is 11.5 Å². The highest BCUT2D eigenvalue weighted by molar-refractivity contribution is 6.84. The van der Waals surface area contributed by atoms with Crippen LogP contribution < -0.4 is 20.3 Å². The molecule has 0 atom stereocenters. The number of hydrogen-bond acceptors (Lipinski definition) is 3. The van der Waals surface area contributed by atoms with Gasteiger partial charge in [-0.15, -0.1) is 0 Å². The van der Waals surface area contributed by atoms with Crippen molar-refractivity contribution in [2.45, 2.75) is 0 Å². The number of hydrogen-bond donors (Lipinski definition) is 0. The van der Waals surface area contributed by atoms with Crippen LogP contribution in [0.2, 0.25) is 0 Å². The Balaban J connectivity index is 0.955. The molecule has 0 unspecified atom stereocenters. The van der Waals surface area contributed by atoms with Gasteiger partial charge in [-0.2, -0.15) is 0 Å². The van der Waals surface area contributed by atoms with Crippen molar-refractivity contribution in [3.63, 3.8) is 0 Å². The van der Waals surface area contributed by atoms with Crippen molar-refractivity contribution >= 4 is 61.6 Å². The Morgan fingerprint density at radius 2 is 1.03 bits per heavy atom. The van der Waals surface area contributed by atoms with Crippen LogP contribution in [0.5, 0.6) is 17.2 Å². The first-order valence-corrected chi connectivity index (χ1v) is 20.1. The van der Waals surface area contributed by atoms with Crippen molar-refractivity contribution < 1.29 is 13.8 Å². The molecule has 4 nitrogen and oxygen atoms in total. The van der Waals surface area contributed by atoms with Gasteiger partial charge in [0.2, 0.25) is 0 Å². The van der Waals surface area contributed by atoms with Gasteiger partial charge in [-0.25, -0.2) is 0 Å². The van der Waals surface area contributed by atoms with E-state index < -0.39 is 0 Å². The Bertz CT molecular complexity index is 3490. The van der Waals surface area contributed by atoms with Crippen molar-refractivity contribution in [1.29, 1.82) is 0 Å². The van der Waals surface area contributed by atoms with Gasteiger partial charge in [-0.3, -0.25) is 0 Å². The van der Waals surface area contributed by atoms with Gasteiger partial charge in [0.25, 0.3) is 0 Å². The van der Waals surface area contributed by atoms with Crippen LogP contribution in [0.1, 0.15) is 0 Å². The van der Waals surface area contributed by atoms with Gasteiger partial charge < -0.3 is 18.4 Å². The lowest BCUT2D eigenvalue weighted by Crippen LogP contribution is -2.53. The van der Waals surface area contributed by atoms with Crippen LogP contribution in [0.25, 0.3) is 93.9 Å². The van der Waals surface area contributed by atoms with E-state index in [9.17, 15) is 0 Å². The minimum Gasteiger partial charge on any atom is -0.551 e. The smallest absolute Gasteiger partial charge is 0.434 e. The average molecular weight is 754 g/mol. The summed E-state index contributed by atoms with van der Waals surface area (Å²) in [5, 5.41) is 4.72. The third-order valence-corrected chi connectivity index (χ3v) is 12.3. The van der Waals surface area contributed by atoms with Crippen LogP contribution in [0, 0.1) is 0 Å². The third-order valence-electron chi connectivity index (χ3n) is 12.3. The molecule has 0 amide bonds. The Labute approximate surface area is 340 Å². The Morgan fingerprint density at radius 1 is 0.390 bits per heavy atom. The Kier molecular flexibility index (Phi) is 6.78. The van der Waals surface area contributed by atoms with Gasteiger partial charge in [0.1, 0.15) is 28.4 Å². The van der Waals surface area contributed by atoms with Crippen molar-refractivity contribution in [3.8, 4) is 67.4 Å². The summed E-state index contributed by atoms with van der Waals surface area (Å²) in [6.45, 7) is -0.315. The molecule has 0 saturated carbocycles. The monoisotopic (exact) mass is 753 g/mol. The van der Waals surface area contributed by atoms with E-state index in [1.165, 1.54) is 21.8 Å². The lowest BCUT2D eigenvalue weighted by Gasteiger charge is -2.33. The first kappa shape index (κ1) is 32.3. The number of nitrogens with zero attached hydrogens (tertiary/aromatic N) is 1. The third kappa shape index (κ3) is 4.79. The molecule has 274 valence electrons. The molecule has 13 rings (SSSR count). The Hall–Kier alpha value is -7.76. The average Bonchev–Trinajstić information content (AvgIpc) is 3.85. The second kappa shape index (κ2) is 12.4. The summed E-state index contributed by atoms with van der Waals surface area (Å²) in [7, 11) is 0. The van der Waals surface area contributed by atoms with Gasteiger partial charge >= 0.3 is 6.92 Å². The van der Waals surface area contributed by atoms with Crippen LogP contribution in [0.4, 0.5) is 0 Å². The molecule has 5 heteroatoms. The number of para-hydroxylation sites is 5. The molecule has 2 aliphatic heterocycles. The number of furan rings is 1. The molecule has 2 aliphatic rings. The predicted octanol–water partition coefficient (Wildman–Crippen LogP) is 13.0.